The van der Waals surface area contributed by atoms with Crippen LogP contribution >= 0.6 is 0 Å². The first-order chi connectivity index (χ1) is 21.8. The monoisotopic (exact) mass is 566 g/mol. The van der Waals surface area contributed by atoms with E-state index < -0.39 is 0 Å². The summed E-state index contributed by atoms with van der Waals surface area (Å²) >= 11 is 0. The highest BCUT2D eigenvalue weighted by atomic mass is 16.5. The van der Waals surface area contributed by atoms with Gasteiger partial charge in [-0.05, 0) is 93.5 Å². The predicted molar refractivity (Wildman–Crippen MR) is 181 cm³/mol. The van der Waals surface area contributed by atoms with Gasteiger partial charge >= 0.3 is 0 Å². The quantitative estimate of drug-likeness (QED) is 0.182. The second-order valence-corrected chi connectivity index (χ2v) is 10.6. The molecule has 0 atom stereocenters. The predicted octanol–water partition coefficient (Wildman–Crippen LogP) is 11.9. The Morgan fingerprint density at radius 1 is 0.250 bits per heavy atom. The van der Waals surface area contributed by atoms with Crippen LogP contribution in [0.2, 0.25) is 0 Å². The lowest BCUT2D eigenvalue weighted by Crippen LogP contribution is -1.91. The van der Waals surface area contributed by atoms with Gasteiger partial charge in [-0.15, -0.1) is 0 Å². The summed E-state index contributed by atoms with van der Waals surface area (Å²) in [5, 5.41) is 0. The van der Waals surface area contributed by atoms with E-state index >= 15 is 0 Å². The zero-order valence-electron chi connectivity index (χ0n) is 24.1. The molecule has 0 heterocycles. The standard InChI is InChI=1S/C42H30O2/c1-4-13-31(14-5-1)32-15-10-16-33(27-32)34-17-11-18-35(28-34)36-19-12-20-37(29-36)41-26-25-40(43-38-21-6-2-7-22-38)30-42(41)44-39-23-8-3-9-24-39/h1-30H. The van der Waals surface area contributed by atoms with Gasteiger partial charge in [-0.1, -0.05) is 121 Å². The highest BCUT2D eigenvalue weighted by Crippen LogP contribution is 2.39. The summed E-state index contributed by atoms with van der Waals surface area (Å²) in [6, 6.07) is 62.3. The molecule has 7 aromatic carbocycles. The highest BCUT2D eigenvalue weighted by Gasteiger charge is 2.12. The lowest BCUT2D eigenvalue weighted by atomic mass is 9.94. The molecular weight excluding hydrogens is 536 g/mol. The van der Waals surface area contributed by atoms with Gasteiger partial charge in [0.1, 0.15) is 23.0 Å². The molecular formula is C42H30O2. The molecule has 0 amide bonds. The third-order valence-electron chi connectivity index (χ3n) is 7.58. The van der Waals surface area contributed by atoms with Crippen LogP contribution in [0.4, 0.5) is 0 Å². The van der Waals surface area contributed by atoms with Gasteiger partial charge in [0.2, 0.25) is 0 Å². The van der Waals surface area contributed by atoms with E-state index in [0.29, 0.717) is 5.75 Å². The maximum absolute atomic E-state index is 6.43. The van der Waals surface area contributed by atoms with Crippen LogP contribution in [0.25, 0.3) is 44.5 Å². The fourth-order valence-electron chi connectivity index (χ4n) is 5.38. The zero-order valence-corrected chi connectivity index (χ0v) is 24.1. The van der Waals surface area contributed by atoms with Crippen LogP contribution in [0.1, 0.15) is 0 Å². The van der Waals surface area contributed by atoms with Gasteiger partial charge in [0, 0.05) is 11.6 Å². The Morgan fingerprint density at radius 2 is 0.659 bits per heavy atom. The fraction of sp³-hybridized carbons (Fsp3) is 0. The number of ether oxygens (including phenoxy) is 2. The molecule has 0 aromatic heterocycles. The molecule has 7 rings (SSSR count). The van der Waals surface area contributed by atoms with Gasteiger partial charge in [0.15, 0.2) is 0 Å². The van der Waals surface area contributed by atoms with Gasteiger partial charge in [-0.3, -0.25) is 0 Å². The molecule has 0 spiro atoms. The third-order valence-corrected chi connectivity index (χ3v) is 7.58. The van der Waals surface area contributed by atoms with Crippen molar-refractivity contribution in [1.29, 1.82) is 0 Å². The van der Waals surface area contributed by atoms with Crippen LogP contribution in [0.5, 0.6) is 23.0 Å². The molecule has 2 nitrogen and oxygen atoms in total. The van der Waals surface area contributed by atoms with Crippen molar-refractivity contribution in [1.82, 2.24) is 0 Å². The van der Waals surface area contributed by atoms with Crippen molar-refractivity contribution in [2.24, 2.45) is 0 Å². The number of para-hydroxylation sites is 2. The van der Waals surface area contributed by atoms with Crippen LogP contribution in [0, 0.1) is 0 Å². The van der Waals surface area contributed by atoms with Crippen LogP contribution in [0.15, 0.2) is 182 Å². The highest BCUT2D eigenvalue weighted by molar-refractivity contribution is 5.80. The van der Waals surface area contributed by atoms with E-state index in [1.807, 2.05) is 72.8 Å². The van der Waals surface area contributed by atoms with Crippen LogP contribution in [0.3, 0.4) is 0 Å². The first-order valence-electron chi connectivity index (χ1n) is 14.8. The first kappa shape index (κ1) is 27.0. The van der Waals surface area contributed by atoms with Crippen LogP contribution < -0.4 is 9.47 Å². The molecule has 0 unspecified atom stereocenters. The van der Waals surface area contributed by atoms with Gasteiger partial charge in [0.25, 0.3) is 0 Å². The Morgan fingerprint density at radius 3 is 1.20 bits per heavy atom. The molecule has 0 bridgehead atoms. The van der Waals surface area contributed by atoms with Crippen molar-refractivity contribution in [2.45, 2.75) is 0 Å². The average molecular weight is 567 g/mol. The summed E-state index contributed by atoms with van der Waals surface area (Å²) in [5.74, 6) is 3.00. The van der Waals surface area contributed by atoms with Crippen LogP contribution in [-0.4, -0.2) is 0 Å². The normalized spacial score (nSPS) is 10.7. The minimum atomic E-state index is 0.715. The Balaban J connectivity index is 1.23. The van der Waals surface area contributed by atoms with Crippen molar-refractivity contribution < 1.29 is 9.47 Å². The van der Waals surface area contributed by atoms with Crippen molar-refractivity contribution in [3.8, 4) is 67.5 Å². The maximum Gasteiger partial charge on any atom is 0.138 e. The van der Waals surface area contributed by atoms with E-state index in [-0.39, 0.29) is 0 Å². The average Bonchev–Trinajstić information content (AvgIpc) is 3.10. The van der Waals surface area contributed by atoms with E-state index in [1.54, 1.807) is 0 Å². The summed E-state index contributed by atoms with van der Waals surface area (Å²) in [5.41, 5.74) is 9.15. The van der Waals surface area contributed by atoms with Gasteiger partial charge in [-0.2, -0.15) is 0 Å². The lowest BCUT2D eigenvalue weighted by molar-refractivity contribution is 0.461. The van der Waals surface area contributed by atoms with Gasteiger partial charge in [-0.25, -0.2) is 0 Å². The van der Waals surface area contributed by atoms with Crippen molar-refractivity contribution in [3.05, 3.63) is 182 Å². The second-order valence-electron chi connectivity index (χ2n) is 10.6. The SMILES string of the molecule is c1ccc(Oc2ccc(-c3cccc(-c4cccc(-c5cccc(-c6ccccc6)c5)c4)c3)c(Oc3ccccc3)c2)cc1. The van der Waals surface area contributed by atoms with Crippen molar-refractivity contribution >= 4 is 0 Å². The molecule has 7 aromatic rings. The summed E-state index contributed by atoms with van der Waals surface area (Å²) in [4.78, 5) is 0. The molecule has 210 valence electrons. The number of rotatable bonds is 8. The largest absolute Gasteiger partial charge is 0.457 e. The van der Waals surface area contributed by atoms with E-state index in [9.17, 15) is 0 Å². The Labute approximate surface area is 258 Å². The fourth-order valence-corrected chi connectivity index (χ4v) is 5.38. The van der Waals surface area contributed by atoms with Crippen molar-refractivity contribution in [2.75, 3.05) is 0 Å². The molecule has 0 aliphatic rings. The van der Waals surface area contributed by atoms with Gasteiger partial charge in [0.05, 0.1) is 0 Å². The molecule has 0 aliphatic heterocycles. The second kappa shape index (κ2) is 12.6. The molecule has 0 saturated heterocycles. The maximum atomic E-state index is 6.43. The molecule has 0 fully saturated rings. The minimum absolute atomic E-state index is 0.715. The van der Waals surface area contributed by atoms with Crippen molar-refractivity contribution in [3.63, 3.8) is 0 Å². The van der Waals surface area contributed by atoms with Gasteiger partial charge < -0.3 is 9.47 Å². The summed E-state index contributed by atoms with van der Waals surface area (Å²) in [6.45, 7) is 0. The smallest absolute Gasteiger partial charge is 0.138 e. The first-order valence-corrected chi connectivity index (χ1v) is 14.8. The van der Waals surface area contributed by atoms with E-state index in [2.05, 4.69) is 109 Å². The summed E-state index contributed by atoms with van der Waals surface area (Å²) in [6.07, 6.45) is 0. The minimum Gasteiger partial charge on any atom is -0.457 e. The molecule has 0 saturated carbocycles. The zero-order chi connectivity index (χ0) is 29.6. The topological polar surface area (TPSA) is 18.5 Å². The Bertz CT molecular complexity index is 2000. The summed E-state index contributed by atoms with van der Waals surface area (Å²) < 4.78 is 12.6. The van der Waals surface area contributed by atoms with E-state index in [0.717, 1.165) is 39.5 Å². The molecule has 0 N–H and O–H groups in total. The lowest BCUT2D eigenvalue weighted by Gasteiger charge is -2.15. The van der Waals surface area contributed by atoms with E-state index in [4.69, 9.17) is 9.47 Å². The van der Waals surface area contributed by atoms with E-state index in [1.165, 1.54) is 22.3 Å². The summed E-state index contributed by atoms with van der Waals surface area (Å²) in [7, 11) is 0. The van der Waals surface area contributed by atoms with Crippen LogP contribution in [-0.2, 0) is 0 Å². The molecule has 0 aliphatic carbocycles. The molecule has 0 radical (unpaired) electrons. The third kappa shape index (κ3) is 6.16. The molecule has 44 heavy (non-hydrogen) atoms. The number of benzene rings is 7. The Hall–Kier alpha value is -5.86. The number of hydrogen-bond donors (Lipinski definition) is 0. The molecule has 2 heteroatoms. The number of hydrogen-bond acceptors (Lipinski definition) is 2. The Kier molecular flexibility index (Phi) is 7.71.